The molecule has 0 heterocycles. The quantitative estimate of drug-likeness (QED) is 0.597. The molecule has 0 aromatic heterocycles. The molecule has 1 aliphatic carbocycles. The number of rotatable bonds is 8. The smallest absolute Gasteiger partial charge is 0.0132 e. The Balaban J connectivity index is 2.48. The van der Waals surface area contributed by atoms with Crippen LogP contribution in [0.25, 0.3) is 0 Å². The van der Waals surface area contributed by atoms with Gasteiger partial charge in [0.25, 0.3) is 0 Å². The van der Waals surface area contributed by atoms with Gasteiger partial charge in [-0.1, -0.05) is 39.8 Å². The molecule has 1 aliphatic rings. The van der Waals surface area contributed by atoms with E-state index in [1.807, 2.05) is 0 Å². The molecule has 0 spiro atoms. The van der Waals surface area contributed by atoms with Crippen molar-refractivity contribution in [3.8, 4) is 0 Å². The number of hydrogen-bond donors (Lipinski definition) is 1. The van der Waals surface area contributed by atoms with Crippen molar-refractivity contribution in [2.24, 2.45) is 17.8 Å². The summed E-state index contributed by atoms with van der Waals surface area (Å²) in [5, 5.41) is 3.79. The van der Waals surface area contributed by atoms with Crippen molar-refractivity contribution in [1.82, 2.24) is 5.32 Å². The third-order valence-electron chi connectivity index (χ3n) is 4.99. The Morgan fingerprint density at radius 2 is 1.68 bits per heavy atom. The summed E-state index contributed by atoms with van der Waals surface area (Å²) < 4.78 is 0. The number of hydrogen-bond acceptors (Lipinski definition) is 1. The topological polar surface area (TPSA) is 12.0 Å². The van der Waals surface area contributed by atoms with Gasteiger partial charge in [-0.05, 0) is 69.2 Å². The molecule has 0 saturated heterocycles. The highest BCUT2D eigenvalue weighted by Crippen LogP contribution is 2.36. The predicted molar refractivity (Wildman–Crippen MR) is 86.4 cm³/mol. The van der Waals surface area contributed by atoms with Crippen LogP contribution in [0.1, 0.15) is 72.6 Å². The highest BCUT2D eigenvalue weighted by Gasteiger charge is 2.28. The highest BCUT2D eigenvalue weighted by molar-refractivity contribution is 4.99. The number of nitrogens with one attached hydrogen (secondary N) is 1. The molecule has 0 amide bonds. The molecule has 0 aromatic carbocycles. The van der Waals surface area contributed by atoms with Crippen LogP contribution >= 0.6 is 0 Å². The monoisotopic (exact) mass is 265 g/mol. The van der Waals surface area contributed by atoms with Gasteiger partial charge in [-0.25, -0.2) is 0 Å². The van der Waals surface area contributed by atoms with Crippen molar-refractivity contribution in [3.05, 3.63) is 12.2 Å². The van der Waals surface area contributed by atoms with Crippen molar-refractivity contribution < 1.29 is 0 Å². The van der Waals surface area contributed by atoms with Gasteiger partial charge in [0.2, 0.25) is 0 Å². The van der Waals surface area contributed by atoms with Gasteiger partial charge in [-0.2, -0.15) is 0 Å². The van der Waals surface area contributed by atoms with Crippen LogP contribution in [-0.4, -0.2) is 12.6 Å². The van der Waals surface area contributed by atoms with Crippen LogP contribution in [0.4, 0.5) is 0 Å². The molecule has 1 saturated carbocycles. The fraction of sp³-hybridized carbons (Fsp3) is 0.889. The minimum Gasteiger partial charge on any atom is -0.313 e. The molecule has 1 N–H and O–H groups in total. The van der Waals surface area contributed by atoms with E-state index < -0.39 is 0 Å². The van der Waals surface area contributed by atoms with Gasteiger partial charge < -0.3 is 5.32 Å². The van der Waals surface area contributed by atoms with E-state index in [2.05, 4.69) is 39.6 Å². The van der Waals surface area contributed by atoms with Crippen molar-refractivity contribution in [1.29, 1.82) is 0 Å². The van der Waals surface area contributed by atoms with Gasteiger partial charge in [-0.3, -0.25) is 0 Å². The lowest BCUT2D eigenvalue weighted by Gasteiger charge is -2.36. The molecule has 1 atom stereocenters. The Morgan fingerprint density at radius 1 is 1.11 bits per heavy atom. The molecule has 1 fully saturated rings. The van der Waals surface area contributed by atoms with Gasteiger partial charge in [0.15, 0.2) is 0 Å². The molecular weight excluding hydrogens is 230 g/mol. The van der Waals surface area contributed by atoms with Crippen LogP contribution in [0.5, 0.6) is 0 Å². The minimum atomic E-state index is 0.681. The maximum atomic E-state index is 4.22. The van der Waals surface area contributed by atoms with E-state index in [0.717, 1.165) is 30.7 Å². The van der Waals surface area contributed by atoms with E-state index in [1.165, 1.54) is 44.1 Å². The van der Waals surface area contributed by atoms with Crippen molar-refractivity contribution in [3.63, 3.8) is 0 Å². The lowest BCUT2D eigenvalue weighted by molar-refractivity contribution is 0.187. The predicted octanol–water partition coefficient (Wildman–Crippen LogP) is 5.17. The zero-order chi connectivity index (χ0) is 14.3. The second kappa shape index (κ2) is 8.79. The Kier molecular flexibility index (Phi) is 7.75. The summed E-state index contributed by atoms with van der Waals surface area (Å²) in [4.78, 5) is 0. The maximum absolute atomic E-state index is 4.22. The fourth-order valence-electron chi connectivity index (χ4n) is 3.40. The summed E-state index contributed by atoms with van der Waals surface area (Å²) in [6.45, 7) is 14.6. The Morgan fingerprint density at radius 3 is 2.16 bits per heavy atom. The summed E-state index contributed by atoms with van der Waals surface area (Å²) in [7, 11) is 0. The molecule has 0 aliphatic heterocycles. The largest absolute Gasteiger partial charge is 0.313 e. The van der Waals surface area contributed by atoms with E-state index in [9.17, 15) is 0 Å². The normalized spacial score (nSPS) is 25.5. The molecule has 1 unspecified atom stereocenters. The molecule has 19 heavy (non-hydrogen) atoms. The van der Waals surface area contributed by atoms with Crippen LogP contribution in [0.15, 0.2) is 12.2 Å². The van der Waals surface area contributed by atoms with Gasteiger partial charge in [0.1, 0.15) is 0 Å². The van der Waals surface area contributed by atoms with E-state index in [4.69, 9.17) is 0 Å². The second-order valence-corrected chi connectivity index (χ2v) is 6.79. The summed E-state index contributed by atoms with van der Waals surface area (Å²) >= 11 is 0. The zero-order valence-electron chi connectivity index (χ0n) is 13.7. The van der Waals surface area contributed by atoms with E-state index in [1.54, 1.807) is 0 Å². The van der Waals surface area contributed by atoms with Gasteiger partial charge in [-0.15, -0.1) is 0 Å². The molecule has 1 rings (SSSR count). The molecular formula is C18H35N. The first-order chi connectivity index (χ1) is 9.08. The minimum absolute atomic E-state index is 0.681. The second-order valence-electron chi connectivity index (χ2n) is 6.79. The van der Waals surface area contributed by atoms with Crippen molar-refractivity contribution in [2.75, 3.05) is 6.54 Å². The third-order valence-corrected chi connectivity index (χ3v) is 4.99. The molecule has 0 aromatic rings. The molecule has 112 valence electrons. The van der Waals surface area contributed by atoms with Crippen LogP contribution in [0.2, 0.25) is 0 Å². The van der Waals surface area contributed by atoms with Crippen molar-refractivity contribution >= 4 is 0 Å². The van der Waals surface area contributed by atoms with Crippen LogP contribution in [0.3, 0.4) is 0 Å². The Bertz CT molecular complexity index is 248. The van der Waals surface area contributed by atoms with E-state index >= 15 is 0 Å². The van der Waals surface area contributed by atoms with Gasteiger partial charge in [0, 0.05) is 6.04 Å². The lowest BCUT2D eigenvalue weighted by atomic mass is 9.73. The van der Waals surface area contributed by atoms with Gasteiger partial charge >= 0.3 is 0 Å². The van der Waals surface area contributed by atoms with Crippen LogP contribution in [0, 0.1) is 17.8 Å². The van der Waals surface area contributed by atoms with E-state index in [-0.39, 0.29) is 0 Å². The van der Waals surface area contributed by atoms with E-state index in [0.29, 0.717) is 6.04 Å². The summed E-state index contributed by atoms with van der Waals surface area (Å²) in [5.74, 6) is 2.72. The Labute approximate surface area is 121 Å². The molecule has 1 heteroatoms. The van der Waals surface area contributed by atoms with Crippen molar-refractivity contribution in [2.45, 2.75) is 78.7 Å². The SMILES string of the molecule is C=C(CC)CC(NCCC)C1CCC(C(C)C)CC1. The summed E-state index contributed by atoms with van der Waals surface area (Å²) in [6.07, 6.45) is 9.26. The van der Waals surface area contributed by atoms with Crippen LogP contribution in [-0.2, 0) is 0 Å². The third kappa shape index (κ3) is 5.69. The van der Waals surface area contributed by atoms with Gasteiger partial charge in [0.05, 0.1) is 0 Å². The average molecular weight is 265 g/mol. The summed E-state index contributed by atoms with van der Waals surface area (Å²) in [6, 6.07) is 0.681. The standard InChI is InChI=1S/C18H35N/c1-6-12-19-18(13-15(5)7-2)17-10-8-16(9-11-17)14(3)4/h14,16-19H,5-13H2,1-4H3. The first kappa shape index (κ1) is 16.8. The maximum Gasteiger partial charge on any atom is 0.0132 e. The fourth-order valence-corrected chi connectivity index (χ4v) is 3.40. The first-order valence-electron chi connectivity index (χ1n) is 8.48. The molecule has 1 nitrogen and oxygen atoms in total. The Hall–Kier alpha value is -0.300. The zero-order valence-corrected chi connectivity index (χ0v) is 13.7. The van der Waals surface area contributed by atoms with Crippen LogP contribution < -0.4 is 5.32 Å². The molecule has 0 bridgehead atoms. The highest BCUT2D eigenvalue weighted by atomic mass is 14.9. The molecule has 0 radical (unpaired) electrons. The summed E-state index contributed by atoms with van der Waals surface area (Å²) in [5.41, 5.74) is 1.42. The first-order valence-corrected chi connectivity index (χ1v) is 8.48. The average Bonchev–Trinajstić information content (AvgIpc) is 2.43. The lowest BCUT2D eigenvalue weighted by Crippen LogP contribution is -2.39.